The number of carbonyl (C=O) groups is 1. The van der Waals surface area contributed by atoms with Gasteiger partial charge in [-0.2, -0.15) is 0 Å². The smallest absolute Gasteiger partial charge is 0.337 e. The molecule has 0 aliphatic heterocycles. The van der Waals surface area contributed by atoms with E-state index in [0.717, 1.165) is 5.56 Å². The first-order chi connectivity index (χ1) is 8.10. The molecule has 0 aromatic heterocycles. The fourth-order valence-corrected chi connectivity index (χ4v) is 1.68. The van der Waals surface area contributed by atoms with E-state index in [1.165, 1.54) is 0 Å². The van der Waals surface area contributed by atoms with Crippen LogP contribution in [0.25, 0.3) is 0 Å². The third kappa shape index (κ3) is 3.21. The molecule has 1 rings (SSSR count). The second-order valence-electron chi connectivity index (χ2n) is 3.81. The number of benzene rings is 1. The van der Waals surface area contributed by atoms with Gasteiger partial charge < -0.3 is 10.0 Å². The van der Waals surface area contributed by atoms with Crippen LogP contribution in [0.3, 0.4) is 0 Å². The van der Waals surface area contributed by atoms with Gasteiger partial charge in [-0.3, -0.25) is 0 Å². The van der Waals surface area contributed by atoms with Crippen molar-refractivity contribution in [2.45, 2.75) is 6.92 Å². The lowest BCUT2D eigenvalue weighted by molar-refractivity contribution is 0.0697. The van der Waals surface area contributed by atoms with Crippen molar-refractivity contribution in [1.82, 2.24) is 0 Å². The van der Waals surface area contributed by atoms with Crippen LogP contribution in [-0.2, 0) is 0 Å². The van der Waals surface area contributed by atoms with Gasteiger partial charge >= 0.3 is 5.97 Å². The zero-order valence-electron chi connectivity index (χ0n) is 10.0. The van der Waals surface area contributed by atoms with Gasteiger partial charge in [0, 0.05) is 13.1 Å². The quantitative estimate of drug-likeness (QED) is 0.765. The molecule has 0 unspecified atom stereocenters. The highest BCUT2D eigenvalue weighted by Gasteiger charge is 2.14. The Morgan fingerprint density at radius 1 is 1.35 bits per heavy atom. The molecule has 0 fully saturated rings. The summed E-state index contributed by atoms with van der Waals surface area (Å²) in [7, 11) is 0. The van der Waals surface area contributed by atoms with E-state index in [1.54, 1.807) is 18.2 Å². The lowest BCUT2D eigenvalue weighted by Gasteiger charge is -2.23. The van der Waals surface area contributed by atoms with Crippen molar-refractivity contribution in [3.05, 3.63) is 54.6 Å². The molecule has 0 spiro atoms. The Kier molecular flexibility index (Phi) is 4.52. The maximum absolute atomic E-state index is 11.2. The lowest BCUT2D eigenvalue weighted by Crippen LogP contribution is -2.25. The highest BCUT2D eigenvalue weighted by atomic mass is 16.4. The minimum atomic E-state index is -0.915. The molecule has 0 saturated carbocycles. The van der Waals surface area contributed by atoms with E-state index >= 15 is 0 Å². The third-order valence-corrected chi connectivity index (χ3v) is 2.42. The zero-order chi connectivity index (χ0) is 12.8. The van der Waals surface area contributed by atoms with Crippen LogP contribution >= 0.6 is 0 Å². The Morgan fingerprint density at radius 3 is 2.41 bits per heavy atom. The summed E-state index contributed by atoms with van der Waals surface area (Å²) >= 11 is 0. The molecule has 0 aliphatic rings. The fourth-order valence-electron chi connectivity index (χ4n) is 1.68. The van der Waals surface area contributed by atoms with E-state index in [4.69, 9.17) is 0 Å². The normalized spacial score (nSPS) is 9.71. The third-order valence-electron chi connectivity index (χ3n) is 2.42. The number of hydrogen-bond acceptors (Lipinski definition) is 2. The minimum Gasteiger partial charge on any atom is -0.478 e. The summed E-state index contributed by atoms with van der Waals surface area (Å²) in [5.41, 5.74) is 1.94. The van der Waals surface area contributed by atoms with Crippen molar-refractivity contribution in [1.29, 1.82) is 0 Å². The SMILES string of the molecule is C=CCN(CC=C)c1ccc(C)cc1C(=O)O. The number of aryl methyl sites for hydroxylation is 1. The fraction of sp³-hybridized carbons (Fsp3) is 0.214. The average Bonchev–Trinajstić information content (AvgIpc) is 2.28. The molecule has 17 heavy (non-hydrogen) atoms. The van der Waals surface area contributed by atoms with Crippen LogP contribution < -0.4 is 4.90 Å². The number of rotatable bonds is 6. The first-order valence-electron chi connectivity index (χ1n) is 5.40. The Hall–Kier alpha value is -2.03. The van der Waals surface area contributed by atoms with Crippen LogP contribution in [0, 0.1) is 6.92 Å². The molecule has 0 aliphatic carbocycles. The van der Waals surface area contributed by atoms with Crippen molar-refractivity contribution in [2.75, 3.05) is 18.0 Å². The van der Waals surface area contributed by atoms with Crippen LogP contribution in [-0.4, -0.2) is 24.2 Å². The van der Waals surface area contributed by atoms with Crippen LogP contribution in [0.1, 0.15) is 15.9 Å². The number of hydrogen-bond donors (Lipinski definition) is 1. The van der Waals surface area contributed by atoms with Gasteiger partial charge in [-0.25, -0.2) is 4.79 Å². The maximum atomic E-state index is 11.2. The number of carboxylic acid groups (broad SMARTS) is 1. The summed E-state index contributed by atoms with van der Waals surface area (Å²) in [5.74, 6) is -0.915. The molecule has 1 N–H and O–H groups in total. The first-order valence-corrected chi connectivity index (χ1v) is 5.40. The van der Waals surface area contributed by atoms with Crippen LogP contribution in [0.5, 0.6) is 0 Å². The van der Waals surface area contributed by atoms with Gasteiger partial charge in [-0.1, -0.05) is 23.8 Å². The molecule has 0 radical (unpaired) electrons. The zero-order valence-corrected chi connectivity index (χ0v) is 10.0. The van der Waals surface area contributed by atoms with Gasteiger partial charge in [0.05, 0.1) is 11.3 Å². The van der Waals surface area contributed by atoms with E-state index in [-0.39, 0.29) is 0 Å². The molecule has 0 amide bonds. The van der Waals surface area contributed by atoms with Gasteiger partial charge in [0.1, 0.15) is 0 Å². The molecular weight excluding hydrogens is 214 g/mol. The molecule has 0 bridgehead atoms. The Morgan fingerprint density at radius 2 is 1.94 bits per heavy atom. The minimum absolute atomic E-state index is 0.314. The standard InChI is InChI=1S/C14H17NO2/c1-4-8-15(9-5-2)13-7-6-11(3)10-12(13)14(16)17/h4-7,10H,1-2,8-9H2,3H3,(H,16,17). The second-order valence-corrected chi connectivity index (χ2v) is 3.81. The van der Waals surface area contributed by atoms with E-state index in [2.05, 4.69) is 13.2 Å². The van der Waals surface area contributed by atoms with E-state index in [0.29, 0.717) is 24.3 Å². The van der Waals surface area contributed by atoms with Crippen molar-refractivity contribution < 1.29 is 9.90 Å². The molecule has 1 aromatic rings. The number of nitrogens with zero attached hydrogens (tertiary/aromatic N) is 1. The van der Waals surface area contributed by atoms with Crippen LogP contribution in [0.2, 0.25) is 0 Å². The van der Waals surface area contributed by atoms with Crippen molar-refractivity contribution in [2.24, 2.45) is 0 Å². The van der Waals surface area contributed by atoms with Crippen molar-refractivity contribution >= 4 is 11.7 Å². The second kappa shape index (κ2) is 5.89. The molecule has 0 heterocycles. The molecule has 1 aromatic carbocycles. The number of aromatic carboxylic acids is 1. The topological polar surface area (TPSA) is 40.5 Å². The molecule has 0 atom stereocenters. The van der Waals surface area contributed by atoms with Gasteiger partial charge in [-0.05, 0) is 19.1 Å². The summed E-state index contributed by atoms with van der Waals surface area (Å²) in [6, 6.07) is 5.41. The Balaban J connectivity index is 3.20. The number of carboxylic acids is 1. The van der Waals surface area contributed by atoms with Gasteiger partial charge in [-0.15, -0.1) is 13.2 Å². The summed E-state index contributed by atoms with van der Waals surface area (Å²) in [5, 5.41) is 9.20. The Bertz CT molecular complexity index is 428. The lowest BCUT2D eigenvalue weighted by atomic mass is 10.1. The predicted octanol–water partition coefficient (Wildman–Crippen LogP) is 2.87. The van der Waals surface area contributed by atoms with Crippen molar-refractivity contribution in [3.63, 3.8) is 0 Å². The highest BCUT2D eigenvalue weighted by Crippen LogP contribution is 2.22. The molecular formula is C14H17NO2. The van der Waals surface area contributed by atoms with E-state index < -0.39 is 5.97 Å². The van der Waals surface area contributed by atoms with Gasteiger partial charge in [0.15, 0.2) is 0 Å². The monoisotopic (exact) mass is 231 g/mol. The van der Waals surface area contributed by atoms with Gasteiger partial charge in [0.2, 0.25) is 0 Å². The maximum Gasteiger partial charge on any atom is 0.337 e. The molecule has 0 saturated heterocycles. The highest BCUT2D eigenvalue weighted by molar-refractivity contribution is 5.94. The van der Waals surface area contributed by atoms with Crippen LogP contribution in [0.4, 0.5) is 5.69 Å². The van der Waals surface area contributed by atoms with Gasteiger partial charge in [0.25, 0.3) is 0 Å². The first kappa shape index (κ1) is 13.0. The summed E-state index contributed by atoms with van der Waals surface area (Å²) < 4.78 is 0. The summed E-state index contributed by atoms with van der Waals surface area (Å²) in [4.78, 5) is 13.1. The predicted molar refractivity (Wildman–Crippen MR) is 70.7 cm³/mol. The molecule has 3 heteroatoms. The van der Waals surface area contributed by atoms with E-state index in [1.807, 2.05) is 24.0 Å². The molecule has 90 valence electrons. The molecule has 3 nitrogen and oxygen atoms in total. The Labute approximate surface area is 102 Å². The summed E-state index contributed by atoms with van der Waals surface area (Å²) in [6.45, 7) is 10.4. The van der Waals surface area contributed by atoms with E-state index in [9.17, 15) is 9.90 Å². The van der Waals surface area contributed by atoms with Crippen LogP contribution in [0.15, 0.2) is 43.5 Å². The summed E-state index contributed by atoms with van der Waals surface area (Å²) in [6.07, 6.45) is 3.49. The van der Waals surface area contributed by atoms with Crippen molar-refractivity contribution in [3.8, 4) is 0 Å². The largest absolute Gasteiger partial charge is 0.478 e. The average molecular weight is 231 g/mol. The number of anilines is 1.